The maximum Gasteiger partial charge on any atom is 0.256 e. The minimum Gasteiger partial charge on any atom is -0.337 e. The summed E-state index contributed by atoms with van der Waals surface area (Å²) in [5, 5.41) is 0.792. The third kappa shape index (κ3) is 5.79. The number of likely N-dealkylation sites (N-methyl/N-ethyl adjacent to an activating group) is 1. The number of hydrogen-bond acceptors (Lipinski definition) is 3. The molecule has 7 heteroatoms. The van der Waals surface area contributed by atoms with Crippen molar-refractivity contribution in [2.45, 2.75) is 38.9 Å². The van der Waals surface area contributed by atoms with Gasteiger partial charge >= 0.3 is 0 Å². The van der Waals surface area contributed by atoms with E-state index in [2.05, 4.69) is 29.2 Å². The molecule has 0 saturated carbocycles. The third-order valence-electron chi connectivity index (χ3n) is 5.55. The molecule has 2 amide bonds. The highest BCUT2D eigenvalue weighted by molar-refractivity contribution is 6.35. The Labute approximate surface area is 194 Å². The predicted octanol–water partition coefficient (Wildman–Crippen LogP) is 4.71. The maximum absolute atomic E-state index is 13.4. The van der Waals surface area contributed by atoms with Crippen molar-refractivity contribution in [1.82, 2.24) is 14.7 Å². The van der Waals surface area contributed by atoms with Crippen molar-refractivity contribution in [2.75, 3.05) is 27.2 Å². The zero-order chi connectivity index (χ0) is 22.5. The third-order valence-corrected chi connectivity index (χ3v) is 6.11. The summed E-state index contributed by atoms with van der Waals surface area (Å²) >= 11 is 12.3. The summed E-state index contributed by atoms with van der Waals surface area (Å²) < 4.78 is 0. The lowest BCUT2D eigenvalue weighted by molar-refractivity contribution is -0.135. The molecule has 1 atom stereocenters. The van der Waals surface area contributed by atoms with Gasteiger partial charge in [0.15, 0.2) is 0 Å². The van der Waals surface area contributed by atoms with E-state index in [1.165, 1.54) is 5.56 Å². The minimum atomic E-state index is -0.476. The van der Waals surface area contributed by atoms with Crippen molar-refractivity contribution in [1.29, 1.82) is 0 Å². The van der Waals surface area contributed by atoms with Crippen LogP contribution < -0.4 is 0 Å². The van der Waals surface area contributed by atoms with Crippen molar-refractivity contribution in [3.8, 4) is 0 Å². The molecule has 5 nitrogen and oxygen atoms in total. The molecule has 0 bridgehead atoms. The van der Waals surface area contributed by atoms with E-state index in [0.717, 1.165) is 18.5 Å². The lowest BCUT2D eigenvalue weighted by atomic mass is 10.1. The number of benzene rings is 2. The van der Waals surface area contributed by atoms with Gasteiger partial charge in [0, 0.05) is 31.2 Å². The molecule has 0 radical (unpaired) electrons. The summed E-state index contributed by atoms with van der Waals surface area (Å²) in [5.74, 6) is -0.267. The number of hydrogen-bond donors (Lipinski definition) is 0. The average Bonchev–Trinajstić information content (AvgIpc) is 3.23. The van der Waals surface area contributed by atoms with Gasteiger partial charge < -0.3 is 14.7 Å². The number of carbonyl (C=O) groups is 2. The first-order valence-electron chi connectivity index (χ1n) is 10.6. The molecule has 1 fully saturated rings. The Balaban J connectivity index is 1.73. The Kier molecular flexibility index (Phi) is 7.98. The second-order valence-electron chi connectivity index (χ2n) is 8.19. The van der Waals surface area contributed by atoms with Crippen molar-refractivity contribution >= 4 is 35.0 Å². The highest BCUT2D eigenvalue weighted by atomic mass is 35.5. The SMILES string of the molecule is CCN(Cc1ccc(CN(C)C)cc1)C(=O)C1CCCN1C(=O)c1cc(Cl)ccc1Cl. The zero-order valence-corrected chi connectivity index (χ0v) is 19.8. The standard InChI is InChI=1S/C24H29Cl2N3O2/c1-4-28(16-18-9-7-17(8-10-18)15-27(2)3)24(31)22-6-5-13-29(22)23(30)20-14-19(25)11-12-21(20)26/h7-12,14,22H,4-6,13,15-16H2,1-3H3. The summed E-state index contributed by atoms with van der Waals surface area (Å²) in [6.45, 7) is 4.48. The number of nitrogens with zero attached hydrogens (tertiary/aromatic N) is 3. The van der Waals surface area contributed by atoms with E-state index in [4.69, 9.17) is 23.2 Å². The summed E-state index contributed by atoms with van der Waals surface area (Å²) in [4.78, 5) is 32.1. The maximum atomic E-state index is 13.4. The minimum absolute atomic E-state index is 0.0242. The highest BCUT2D eigenvalue weighted by Gasteiger charge is 2.37. The normalized spacial score (nSPS) is 16.1. The lowest BCUT2D eigenvalue weighted by Crippen LogP contribution is -2.47. The molecule has 0 N–H and O–H groups in total. The van der Waals surface area contributed by atoms with E-state index < -0.39 is 6.04 Å². The molecule has 2 aromatic rings. The van der Waals surface area contributed by atoms with Gasteiger partial charge in [-0.3, -0.25) is 9.59 Å². The van der Waals surface area contributed by atoms with Crippen LogP contribution in [0.2, 0.25) is 10.0 Å². The van der Waals surface area contributed by atoms with Crippen LogP contribution in [0.25, 0.3) is 0 Å². The van der Waals surface area contributed by atoms with Crippen LogP contribution in [0.15, 0.2) is 42.5 Å². The Morgan fingerprint density at radius 3 is 2.29 bits per heavy atom. The zero-order valence-electron chi connectivity index (χ0n) is 18.3. The first kappa shape index (κ1) is 23.6. The van der Waals surface area contributed by atoms with Crippen molar-refractivity contribution in [3.63, 3.8) is 0 Å². The largest absolute Gasteiger partial charge is 0.337 e. The molecular formula is C24H29Cl2N3O2. The Bertz CT molecular complexity index is 931. The predicted molar refractivity (Wildman–Crippen MR) is 125 cm³/mol. The van der Waals surface area contributed by atoms with Gasteiger partial charge in [-0.15, -0.1) is 0 Å². The molecule has 31 heavy (non-hydrogen) atoms. The van der Waals surface area contributed by atoms with Gasteiger partial charge in [-0.2, -0.15) is 0 Å². The van der Waals surface area contributed by atoms with Crippen LogP contribution in [0.3, 0.4) is 0 Å². The Hall–Kier alpha value is -2.08. The van der Waals surface area contributed by atoms with Gasteiger partial charge in [0.25, 0.3) is 5.91 Å². The molecule has 1 aliphatic heterocycles. The van der Waals surface area contributed by atoms with Gasteiger partial charge in [0.2, 0.25) is 5.91 Å². The van der Waals surface area contributed by atoms with Gasteiger partial charge in [0.05, 0.1) is 10.6 Å². The second kappa shape index (κ2) is 10.5. The number of carbonyl (C=O) groups excluding carboxylic acids is 2. The van der Waals surface area contributed by atoms with Crippen LogP contribution in [0.4, 0.5) is 0 Å². The van der Waals surface area contributed by atoms with Gasteiger partial charge in [-0.05, 0) is 63.2 Å². The summed E-state index contributed by atoms with van der Waals surface area (Å²) in [5.41, 5.74) is 2.65. The van der Waals surface area contributed by atoms with E-state index in [1.807, 2.05) is 25.9 Å². The molecule has 1 unspecified atom stereocenters. The number of amides is 2. The molecule has 3 rings (SSSR count). The summed E-state index contributed by atoms with van der Waals surface area (Å²) in [6.07, 6.45) is 1.44. The van der Waals surface area contributed by atoms with E-state index in [1.54, 1.807) is 23.1 Å². The van der Waals surface area contributed by atoms with E-state index in [0.29, 0.717) is 41.7 Å². The number of halogens is 2. The van der Waals surface area contributed by atoms with E-state index in [9.17, 15) is 9.59 Å². The van der Waals surface area contributed by atoms with Crippen LogP contribution >= 0.6 is 23.2 Å². The fraction of sp³-hybridized carbons (Fsp3) is 0.417. The smallest absolute Gasteiger partial charge is 0.256 e. The molecule has 0 aliphatic carbocycles. The van der Waals surface area contributed by atoms with Crippen LogP contribution in [0, 0.1) is 0 Å². The molecule has 0 aromatic heterocycles. The summed E-state index contributed by atoms with van der Waals surface area (Å²) in [7, 11) is 4.08. The molecule has 166 valence electrons. The first-order valence-corrected chi connectivity index (χ1v) is 11.3. The molecule has 1 aliphatic rings. The van der Waals surface area contributed by atoms with Crippen LogP contribution in [0.5, 0.6) is 0 Å². The lowest BCUT2D eigenvalue weighted by Gasteiger charge is -2.30. The van der Waals surface area contributed by atoms with E-state index >= 15 is 0 Å². The van der Waals surface area contributed by atoms with Crippen LogP contribution in [-0.4, -0.2) is 59.7 Å². The molecular weight excluding hydrogens is 433 g/mol. The highest BCUT2D eigenvalue weighted by Crippen LogP contribution is 2.27. The van der Waals surface area contributed by atoms with Crippen molar-refractivity contribution in [3.05, 3.63) is 69.2 Å². The average molecular weight is 462 g/mol. The fourth-order valence-corrected chi connectivity index (χ4v) is 4.35. The van der Waals surface area contributed by atoms with Gasteiger partial charge in [0.1, 0.15) is 6.04 Å². The molecule has 2 aromatic carbocycles. The summed E-state index contributed by atoms with van der Waals surface area (Å²) in [6, 6.07) is 12.7. The van der Waals surface area contributed by atoms with E-state index in [-0.39, 0.29) is 11.8 Å². The second-order valence-corrected chi connectivity index (χ2v) is 9.03. The Morgan fingerprint density at radius 1 is 1.03 bits per heavy atom. The molecule has 1 heterocycles. The monoisotopic (exact) mass is 461 g/mol. The van der Waals surface area contributed by atoms with Crippen LogP contribution in [-0.2, 0) is 17.9 Å². The Morgan fingerprint density at radius 2 is 1.68 bits per heavy atom. The fourth-order valence-electron chi connectivity index (χ4n) is 3.97. The molecule has 1 saturated heterocycles. The van der Waals surface area contributed by atoms with Gasteiger partial charge in [-0.1, -0.05) is 47.5 Å². The van der Waals surface area contributed by atoms with Crippen molar-refractivity contribution < 1.29 is 9.59 Å². The quantitative estimate of drug-likeness (QED) is 0.599. The molecule has 0 spiro atoms. The number of rotatable bonds is 7. The first-order chi connectivity index (χ1) is 14.8. The van der Waals surface area contributed by atoms with Crippen LogP contribution in [0.1, 0.15) is 41.3 Å². The van der Waals surface area contributed by atoms with Gasteiger partial charge in [-0.25, -0.2) is 0 Å². The number of likely N-dealkylation sites (tertiary alicyclic amines) is 1. The topological polar surface area (TPSA) is 43.9 Å². The van der Waals surface area contributed by atoms with Crippen molar-refractivity contribution in [2.24, 2.45) is 0 Å².